The Morgan fingerprint density at radius 3 is 2.68 bits per heavy atom. The molecule has 22 heavy (non-hydrogen) atoms. The van der Waals surface area contributed by atoms with E-state index < -0.39 is 22.8 Å². The largest absolute Gasteiger partial charge is 0.501 e. The molecule has 2 aromatic carbocycles. The van der Waals surface area contributed by atoms with E-state index in [2.05, 4.69) is 5.32 Å². The SMILES string of the molecule is Cc1cc(=O)c(O)c(C(=O)Nc2cccc3ccccc23)o1. The lowest BCUT2D eigenvalue weighted by atomic mass is 10.1. The van der Waals surface area contributed by atoms with Crippen molar-refractivity contribution in [2.45, 2.75) is 6.92 Å². The van der Waals surface area contributed by atoms with Crippen molar-refractivity contribution in [1.29, 1.82) is 0 Å². The maximum atomic E-state index is 12.3. The van der Waals surface area contributed by atoms with E-state index in [1.165, 1.54) is 6.92 Å². The van der Waals surface area contributed by atoms with E-state index in [0.717, 1.165) is 16.8 Å². The Bertz CT molecular complexity index is 922. The molecular weight excluding hydrogens is 282 g/mol. The molecule has 3 rings (SSSR count). The highest BCUT2D eigenvalue weighted by Crippen LogP contribution is 2.24. The molecule has 0 unspecified atom stereocenters. The predicted octanol–water partition coefficient (Wildman–Crippen LogP) is 3.06. The highest BCUT2D eigenvalue weighted by Gasteiger charge is 2.18. The quantitative estimate of drug-likeness (QED) is 0.761. The summed E-state index contributed by atoms with van der Waals surface area (Å²) >= 11 is 0. The first-order valence-corrected chi connectivity index (χ1v) is 6.69. The number of hydrogen-bond acceptors (Lipinski definition) is 4. The molecule has 0 aliphatic carbocycles. The van der Waals surface area contributed by atoms with Gasteiger partial charge in [0.1, 0.15) is 5.76 Å². The highest BCUT2D eigenvalue weighted by atomic mass is 16.4. The Labute approximate surface area is 125 Å². The van der Waals surface area contributed by atoms with Gasteiger partial charge < -0.3 is 14.8 Å². The maximum Gasteiger partial charge on any atom is 0.295 e. The van der Waals surface area contributed by atoms with Gasteiger partial charge in [0, 0.05) is 17.1 Å². The topological polar surface area (TPSA) is 79.5 Å². The molecule has 0 fully saturated rings. The molecule has 1 amide bonds. The molecule has 0 aliphatic rings. The second-order valence-corrected chi connectivity index (χ2v) is 4.88. The van der Waals surface area contributed by atoms with Crippen LogP contribution in [0.2, 0.25) is 0 Å². The second-order valence-electron chi connectivity index (χ2n) is 4.88. The van der Waals surface area contributed by atoms with Gasteiger partial charge in [0.05, 0.1) is 0 Å². The third-order valence-corrected chi connectivity index (χ3v) is 3.29. The number of amides is 1. The number of anilines is 1. The summed E-state index contributed by atoms with van der Waals surface area (Å²) < 4.78 is 5.17. The van der Waals surface area contributed by atoms with Crippen molar-refractivity contribution in [2.75, 3.05) is 5.32 Å². The van der Waals surface area contributed by atoms with Crippen LogP contribution in [0.1, 0.15) is 16.3 Å². The summed E-state index contributed by atoms with van der Waals surface area (Å²) in [6.07, 6.45) is 0. The lowest BCUT2D eigenvalue weighted by Crippen LogP contribution is -2.16. The highest BCUT2D eigenvalue weighted by molar-refractivity contribution is 6.08. The first-order chi connectivity index (χ1) is 10.6. The van der Waals surface area contributed by atoms with Gasteiger partial charge in [0.15, 0.2) is 0 Å². The van der Waals surface area contributed by atoms with Gasteiger partial charge in [-0.25, -0.2) is 0 Å². The minimum atomic E-state index is -0.691. The van der Waals surface area contributed by atoms with Crippen LogP contribution in [-0.4, -0.2) is 11.0 Å². The number of aryl methyl sites for hydroxylation is 1. The van der Waals surface area contributed by atoms with Gasteiger partial charge in [-0.1, -0.05) is 36.4 Å². The molecule has 5 heteroatoms. The number of aromatic hydroxyl groups is 1. The molecule has 0 saturated carbocycles. The Morgan fingerprint density at radius 2 is 1.86 bits per heavy atom. The van der Waals surface area contributed by atoms with Crippen LogP contribution in [0.15, 0.2) is 57.7 Å². The fourth-order valence-electron chi connectivity index (χ4n) is 2.27. The van der Waals surface area contributed by atoms with Crippen molar-refractivity contribution in [1.82, 2.24) is 0 Å². The van der Waals surface area contributed by atoms with E-state index >= 15 is 0 Å². The van der Waals surface area contributed by atoms with Crippen molar-refractivity contribution in [2.24, 2.45) is 0 Å². The van der Waals surface area contributed by atoms with Gasteiger partial charge in [0.2, 0.25) is 16.9 Å². The molecule has 110 valence electrons. The van der Waals surface area contributed by atoms with Crippen LogP contribution in [0, 0.1) is 6.92 Å². The minimum absolute atomic E-state index is 0.255. The number of benzene rings is 2. The predicted molar refractivity (Wildman–Crippen MR) is 83.3 cm³/mol. The normalized spacial score (nSPS) is 10.6. The van der Waals surface area contributed by atoms with E-state index in [1.54, 1.807) is 6.07 Å². The third-order valence-electron chi connectivity index (χ3n) is 3.29. The van der Waals surface area contributed by atoms with E-state index in [9.17, 15) is 14.7 Å². The zero-order valence-electron chi connectivity index (χ0n) is 11.8. The van der Waals surface area contributed by atoms with Gasteiger partial charge in [-0.3, -0.25) is 9.59 Å². The zero-order valence-corrected chi connectivity index (χ0v) is 11.8. The Hall–Kier alpha value is -3.08. The van der Waals surface area contributed by atoms with Gasteiger partial charge >= 0.3 is 0 Å². The average molecular weight is 295 g/mol. The minimum Gasteiger partial charge on any atom is -0.501 e. The van der Waals surface area contributed by atoms with E-state index in [1.807, 2.05) is 36.4 Å². The van der Waals surface area contributed by atoms with Crippen LogP contribution in [0.25, 0.3) is 10.8 Å². The standard InChI is InChI=1S/C17H13NO4/c1-10-9-14(19)15(20)16(22-10)17(21)18-13-8-4-6-11-5-2-3-7-12(11)13/h2-9,20H,1H3,(H,18,21). The van der Waals surface area contributed by atoms with Crippen LogP contribution in [0.4, 0.5) is 5.69 Å². The number of hydrogen-bond donors (Lipinski definition) is 2. The lowest BCUT2D eigenvalue weighted by Gasteiger charge is -2.09. The Kier molecular flexibility index (Phi) is 3.39. The fourth-order valence-corrected chi connectivity index (χ4v) is 2.27. The van der Waals surface area contributed by atoms with Crippen LogP contribution in [0.3, 0.4) is 0 Å². The van der Waals surface area contributed by atoms with Crippen molar-refractivity contribution in [3.8, 4) is 5.75 Å². The monoisotopic (exact) mass is 295 g/mol. The first kappa shape index (κ1) is 13.9. The summed E-state index contributed by atoms with van der Waals surface area (Å²) in [5.74, 6) is -1.50. The maximum absolute atomic E-state index is 12.3. The van der Waals surface area contributed by atoms with Crippen LogP contribution in [-0.2, 0) is 0 Å². The first-order valence-electron chi connectivity index (χ1n) is 6.69. The van der Waals surface area contributed by atoms with Gasteiger partial charge in [-0.15, -0.1) is 0 Å². The molecule has 0 aliphatic heterocycles. The van der Waals surface area contributed by atoms with Crippen molar-refractivity contribution < 1.29 is 14.3 Å². The van der Waals surface area contributed by atoms with Gasteiger partial charge in [-0.2, -0.15) is 0 Å². The molecule has 0 radical (unpaired) electrons. The number of nitrogens with one attached hydrogen (secondary N) is 1. The van der Waals surface area contributed by atoms with Gasteiger partial charge in [0.25, 0.3) is 5.91 Å². The Morgan fingerprint density at radius 1 is 1.14 bits per heavy atom. The average Bonchev–Trinajstić information content (AvgIpc) is 2.51. The molecule has 0 spiro atoms. The summed E-state index contributed by atoms with van der Waals surface area (Å²) in [7, 11) is 0. The molecule has 5 nitrogen and oxygen atoms in total. The number of rotatable bonds is 2. The van der Waals surface area contributed by atoms with Crippen LogP contribution < -0.4 is 10.7 Å². The second kappa shape index (κ2) is 5.37. The lowest BCUT2D eigenvalue weighted by molar-refractivity contribution is 0.0988. The third kappa shape index (κ3) is 2.44. The molecule has 2 N–H and O–H groups in total. The van der Waals surface area contributed by atoms with Crippen LogP contribution in [0.5, 0.6) is 5.75 Å². The zero-order chi connectivity index (χ0) is 15.7. The molecule has 0 saturated heterocycles. The molecular formula is C17H13NO4. The molecule has 1 heterocycles. The Balaban J connectivity index is 2.03. The summed E-state index contributed by atoms with van der Waals surface area (Å²) in [6, 6.07) is 14.2. The van der Waals surface area contributed by atoms with E-state index in [0.29, 0.717) is 5.69 Å². The van der Waals surface area contributed by atoms with Crippen molar-refractivity contribution in [3.05, 3.63) is 70.3 Å². The van der Waals surface area contributed by atoms with Crippen LogP contribution >= 0.6 is 0 Å². The summed E-state index contributed by atoms with van der Waals surface area (Å²) in [6.45, 7) is 1.54. The number of carbonyl (C=O) groups is 1. The molecule has 3 aromatic rings. The summed E-state index contributed by atoms with van der Waals surface area (Å²) in [4.78, 5) is 23.8. The molecule has 0 bridgehead atoms. The van der Waals surface area contributed by atoms with Gasteiger partial charge in [-0.05, 0) is 18.4 Å². The van der Waals surface area contributed by atoms with E-state index in [4.69, 9.17) is 4.42 Å². The smallest absolute Gasteiger partial charge is 0.295 e. The summed E-state index contributed by atoms with van der Waals surface area (Å²) in [5.41, 5.74) is -0.0709. The van der Waals surface area contributed by atoms with E-state index in [-0.39, 0.29) is 5.76 Å². The number of fused-ring (bicyclic) bond motifs is 1. The summed E-state index contributed by atoms with van der Waals surface area (Å²) in [5, 5.41) is 14.2. The molecule has 1 aromatic heterocycles. The molecule has 0 atom stereocenters. The van der Waals surface area contributed by atoms with Crippen molar-refractivity contribution in [3.63, 3.8) is 0 Å². The fraction of sp³-hybridized carbons (Fsp3) is 0.0588. The van der Waals surface area contributed by atoms with Crippen molar-refractivity contribution >= 4 is 22.4 Å². The number of carbonyl (C=O) groups excluding carboxylic acids is 1.